The van der Waals surface area contributed by atoms with Gasteiger partial charge in [-0.25, -0.2) is 0 Å². The highest BCUT2D eigenvalue weighted by Crippen LogP contribution is 2.25. The Balaban J connectivity index is 2.21. The van der Waals surface area contributed by atoms with Crippen molar-refractivity contribution >= 4 is 0 Å². The van der Waals surface area contributed by atoms with Crippen LogP contribution in [0.15, 0.2) is 47.1 Å². The number of hydrogen-bond donors (Lipinski definition) is 1. The summed E-state index contributed by atoms with van der Waals surface area (Å²) in [7, 11) is 0. The zero-order valence-electron chi connectivity index (χ0n) is 11.6. The SMILES string of the molecule is CCCOc1cccc(C(NCC)c2ccco2)c1. The van der Waals surface area contributed by atoms with Gasteiger partial charge in [-0.05, 0) is 42.8 Å². The summed E-state index contributed by atoms with van der Waals surface area (Å²) in [6.45, 7) is 5.82. The Morgan fingerprint density at radius 1 is 1.21 bits per heavy atom. The first-order valence-electron chi connectivity index (χ1n) is 6.84. The summed E-state index contributed by atoms with van der Waals surface area (Å²) in [4.78, 5) is 0. The highest BCUT2D eigenvalue weighted by atomic mass is 16.5. The minimum absolute atomic E-state index is 0.0742. The van der Waals surface area contributed by atoms with Crippen LogP contribution in [0.4, 0.5) is 0 Å². The van der Waals surface area contributed by atoms with Gasteiger partial charge in [0.2, 0.25) is 0 Å². The van der Waals surface area contributed by atoms with Crippen molar-refractivity contribution in [3.63, 3.8) is 0 Å². The monoisotopic (exact) mass is 259 g/mol. The molecule has 0 saturated heterocycles. The van der Waals surface area contributed by atoms with E-state index < -0.39 is 0 Å². The summed E-state index contributed by atoms with van der Waals surface area (Å²) in [5.41, 5.74) is 1.16. The van der Waals surface area contributed by atoms with E-state index in [0.29, 0.717) is 0 Å². The smallest absolute Gasteiger partial charge is 0.125 e. The summed E-state index contributed by atoms with van der Waals surface area (Å²) in [6, 6.07) is 12.2. The quantitative estimate of drug-likeness (QED) is 0.822. The predicted octanol–water partition coefficient (Wildman–Crippen LogP) is 3.77. The Kier molecular flexibility index (Phi) is 5.04. The first kappa shape index (κ1) is 13.7. The summed E-state index contributed by atoms with van der Waals surface area (Å²) in [5, 5.41) is 3.44. The van der Waals surface area contributed by atoms with Gasteiger partial charge in [0.05, 0.1) is 18.9 Å². The summed E-state index contributed by atoms with van der Waals surface area (Å²) in [5.74, 6) is 1.84. The predicted molar refractivity (Wildman–Crippen MR) is 76.5 cm³/mol. The first-order chi connectivity index (χ1) is 9.35. The average molecular weight is 259 g/mol. The Labute approximate surface area is 114 Å². The zero-order chi connectivity index (χ0) is 13.5. The van der Waals surface area contributed by atoms with E-state index in [1.54, 1.807) is 6.26 Å². The van der Waals surface area contributed by atoms with Crippen molar-refractivity contribution in [2.45, 2.75) is 26.3 Å². The van der Waals surface area contributed by atoms with E-state index in [-0.39, 0.29) is 6.04 Å². The number of hydrogen-bond acceptors (Lipinski definition) is 3. The second-order valence-corrected chi connectivity index (χ2v) is 4.43. The summed E-state index contributed by atoms with van der Waals surface area (Å²) >= 11 is 0. The van der Waals surface area contributed by atoms with Crippen LogP contribution in [0.25, 0.3) is 0 Å². The first-order valence-corrected chi connectivity index (χ1v) is 6.84. The van der Waals surface area contributed by atoms with Gasteiger partial charge in [-0.3, -0.25) is 0 Å². The number of furan rings is 1. The van der Waals surface area contributed by atoms with Gasteiger partial charge in [-0.1, -0.05) is 26.0 Å². The van der Waals surface area contributed by atoms with Gasteiger partial charge >= 0.3 is 0 Å². The lowest BCUT2D eigenvalue weighted by Gasteiger charge is -2.17. The van der Waals surface area contributed by atoms with E-state index in [1.807, 2.05) is 24.3 Å². The molecular formula is C16H21NO2. The molecule has 0 amide bonds. The van der Waals surface area contributed by atoms with Crippen LogP contribution in [0.2, 0.25) is 0 Å². The normalized spacial score (nSPS) is 12.3. The molecule has 1 heterocycles. The Hall–Kier alpha value is -1.74. The second kappa shape index (κ2) is 7.00. The maximum absolute atomic E-state index is 5.68. The van der Waals surface area contributed by atoms with E-state index >= 15 is 0 Å². The molecule has 3 nitrogen and oxygen atoms in total. The van der Waals surface area contributed by atoms with Crippen molar-refractivity contribution in [2.75, 3.05) is 13.2 Å². The molecule has 0 saturated carbocycles. The van der Waals surface area contributed by atoms with Gasteiger partial charge in [0.1, 0.15) is 11.5 Å². The summed E-state index contributed by atoms with van der Waals surface area (Å²) < 4.78 is 11.2. The lowest BCUT2D eigenvalue weighted by atomic mass is 10.0. The van der Waals surface area contributed by atoms with Gasteiger partial charge < -0.3 is 14.5 Å². The molecule has 0 fully saturated rings. The van der Waals surface area contributed by atoms with Crippen molar-refractivity contribution in [2.24, 2.45) is 0 Å². The van der Waals surface area contributed by atoms with Crippen molar-refractivity contribution in [3.8, 4) is 5.75 Å². The van der Waals surface area contributed by atoms with Crippen molar-refractivity contribution in [3.05, 3.63) is 54.0 Å². The molecule has 2 rings (SSSR count). The van der Waals surface area contributed by atoms with Gasteiger partial charge in [-0.15, -0.1) is 0 Å². The molecule has 0 aliphatic heterocycles. The molecular weight excluding hydrogens is 238 g/mol. The molecule has 1 unspecified atom stereocenters. The Bertz CT molecular complexity index is 479. The van der Waals surface area contributed by atoms with Gasteiger partial charge in [0.25, 0.3) is 0 Å². The number of ether oxygens (including phenoxy) is 1. The third kappa shape index (κ3) is 3.61. The molecule has 0 aliphatic rings. The number of benzene rings is 1. The largest absolute Gasteiger partial charge is 0.494 e. The molecule has 1 atom stereocenters. The Morgan fingerprint density at radius 3 is 2.79 bits per heavy atom. The average Bonchev–Trinajstić information content (AvgIpc) is 2.96. The fourth-order valence-corrected chi connectivity index (χ4v) is 2.05. The van der Waals surface area contributed by atoms with Gasteiger partial charge in [0, 0.05) is 0 Å². The third-order valence-corrected chi connectivity index (χ3v) is 2.90. The second-order valence-electron chi connectivity index (χ2n) is 4.43. The molecule has 1 aromatic carbocycles. The standard InChI is InChI=1S/C16H21NO2/c1-3-10-18-14-8-5-7-13(12-14)16(17-4-2)15-9-6-11-19-15/h5-9,11-12,16-17H,3-4,10H2,1-2H3. The molecule has 0 radical (unpaired) electrons. The van der Waals surface area contributed by atoms with Crippen LogP contribution < -0.4 is 10.1 Å². The minimum atomic E-state index is 0.0742. The summed E-state index contributed by atoms with van der Waals surface area (Å²) in [6.07, 6.45) is 2.72. The molecule has 2 aromatic rings. The maximum Gasteiger partial charge on any atom is 0.125 e. The Morgan fingerprint density at radius 2 is 2.11 bits per heavy atom. The zero-order valence-corrected chi connectivity index (χ0v) is 11.6. The molecule has 0 aliphatic carbocycles. The van der Waals surface area contributed by atoms with Crippen LogP contribution in [-0.4, -0.2) is 13.2 Å². The molecule has 1 N–H and O–H groups in total. The third-order valence-electron chi connectivity index (χ3n) is 2.90. The van der Waals surface area contributed by atoms with Crippen LogP contribution in [0.3, 0.4) is 0 Å². The molecule has 0 spiro atoms. The van der Waals surface area contributed by atoms with Crippen LogP contribution in [-0.2, 0) is 0 Å². The highest BCUT2D eigenvalue weighted by molar-refractivity contribution is 5.34. The van der Waals surface area contributed by atoms with Crippen LogP contribution >= 0.6 is 0 Å². The highest BCUT2D eigenvalue weighted by Gasteiger charge is 2.15. The lowest BCUT2D eigenvalue weighted by Crippen LogP contribution is -2.21. The fraction of sp³-hybridized carbons (Fsp3) is 0.375. The molecule has 102 valence electrons. The van der Waals surface area contributed by atoms with E-state index in [2.05, 4.69) is 31.3 Å². The fourth-order valence-electron chi connectivity index (χ4n) is 2.05. The van der Waals surface area contributed by atoms with Gasteiger partial charge in [0.15, 0.2) is 0 Å². The van der Waals surface area contributed by atoms with Crippen molar-refractivity contribution in [1.29, 1.82) is 0 Å². The van der Waals surface area contributed by atoms with E-state index in [9.17, 15) is 0 Å². The number of nitrogens with one attached hydrogen (secondary N) is 1. The molecule has 19 heavy (non-hydrogen) atoms. The molecule has 3 heteroatoms. The van der Waals surface area contributed by atoms with Crippen LogP contribution in [0.5, 0.6) is 5.75 Å². The van der Waals surface area contributed by atoms with Crippen LogP contribution in [0.1, 0.15) is 37.6 Å². The van der Waals surface area contributed by atoms with Crippen LogP contribution in [0, 0.1) is 0 Å². The minimum Gasteiger partial charge on any atom is -0.494 e. The van der Waals surface area contributed by atoms with Gasteiger partial charge in [-0.2, -0.15) is 0 Å². The van der Waals surface area contributed by atoms with E-state index in [1.165, 1.54) is 0 Å². The molecule has 0 bridgehead atoms. The molecule has 1 aromatic heterocycles. The lowest BCUT2D eigenvalue weighted by molar-refractivity contribution is 0.316. The van der Waals surface area contributed by atoms with E-state index in [4.69, 9.17) is 9.15 Å². The van der Waals surface area contributed by atoms with Crippen molar-refractivity contribution in [1.82, 2.24) is 5.32 Å². The maximum atomic E-state index is 5.68. The van der Waals surface area contributed by atoms with Crippen molar-refractivity contribution < 1.29 is 9.15 Å². The topological polar surface area (TPSA) is 34.4 Å². The number of rotatable bonds is 7. The van der Waals surface area contributed by atoms with E-state index in [0.717, 1.165) is 36.6 Å².